The number of nitrogens with zero attached hydrogens (tertiary/aromatic N) is 1. The molecule has 1 fully saturated rings. The van der Waals surface area contributed by atoms with Crippen LogP contribution in [-0.4, -0.2) is 64.0 Å². The van der Waals surface area contributed by atoms with Crippen LogP contribution in [0.15, 0.2) is 34.9 Å². The molecule has 1 aromatic carbocycles. The normalized spacial score (nSPS) is 19.3. The average molecular weight is 419 g/mol. The van der Waals surface area contributed by atoms with Gasteiger partial charge in [0.1, 0.15) is 50.8 Å². The minimum absolute atomic E-state index is 0.0344. The van der Waals surface area contributed by atoms with E-state index in [1.165, 1.54) is 9.80 Å². The summed E-state index contributed by atoms with van der Waals surface area (Å²) in [5.74, 6) is 2.07. The van der Waals surface area contributed by atoms with E-state index in [-0.39, 0.29) is 11.3 Å². The highest BCUT2D eigenvalue weighted by molar-refractivity contribution is 5.90. The van der Waals surface area contributed by atoms with Crippen LogP contribution in [0.3, 0.4) is 0 Å². The van der Waals surface area contributed by atoms with Gasteiger partial charge in [-0.3, -0.25) is 10.1 Å². The molecule has 0 aliphatic carbocycles. The molecule has 3 rings (SSSR count). The van der Waals surface area contributed by atoms with E-state index in [0.29, 0.717) is 19.0 Å². The van der Waals surface area contributed by atoms with E-state index < -0.39 is 0 Å². The molecule has 1 aliphatic heterocycles. The summed E-state index contributed by atoms with van der Waals surface area (Å²) < 4.78 is 16.2. The third-order valence-electron chi connectivity index (χ3n) is 5.40. The van der Waals surface area contributed by atoms with Gasteiger partial charge in [0.2, 0.25) is 5.88 Å². The highest BCUT2D eigenvalue weighted by Gasteiger charge is 2.25. The van der Waals surface area contributed by atoms with E-state index in [2.05, 4.69) is 31.2 Å². The molecular weight excluding hydrogens is 384 g/mol. The number of quaternary nitrogens is 2. The Morgan fingerprint density at radius 1 is 1.10 bits per heavy atom. The fraction of sp³-hybridized carbons (Fsp3) is 0.545. The summed E-state index contributed by atoms with van der Waals surface area (Å²) in [6.07, 6.45) is 0. The van der Waals surface area contributed by atoms with Crippen molar-refractivity contribution in [3.05, 3.63) is 36.0 Å². The van der Waals surface area contributed by atoms with Gasteiger partial charge in [-0.05, 0) is 24.3 Å². The maximum absolute atomic E-state index is 12.3. The second-order valence-corrected chi connectivity index (χ2v) is 8.83. The largest absolute Gasteiger partial charge is 0.497 e. The van der Waals surface area contributed by atoms with Crippen molar-refractivity contribution in [2.75, 3.05) is 58.3 Å². The predicted molar refractivity (Wildman–Crippen MR) is 113 cm³/mol. The van der Waals surface area contributed by atoms with Crippen molar-refractivity contribution in [1.82, 2.24) is 5.16 Å². The zero-order valence-corrected chi connectivity index (χ0v) is 18.4. The Morgan fingerprint density at radius 3 is 2.33 bits per heavy atom. The number of nitrogens with one attached hydrogen (secondary N) is 3. The quantitative estimate of drug-likeness (QED) is 0.552. The van der Waals surface area contributed by atoms with Crippen molar-refractivity contribution in [2.45, 2.75) is 26.2 Å². The van der Waals surface area contributed by atoms with Crippen LogP contribution < -0.4 is 24.6 Å². The van der Waals surface area contributed by atoms with Crippen molar-refractivity contribution in [3.8, 4) is 11.5 Å². The first-order valence-corrected chi connectivity index (χ1v) is 10.5. The molecule has 1 aliphatic rings. The summed E-state index contributed by atoms with van der Waals surface area (Å²) >= 11 is 0. The van der Waals surface area contributed by atoms with Crippen LogP contribution in [0.1, 0.15) is 26.5 Å². The number of hydrogen-bond acceptors (Lipinski definition) is 5. The molecule has 1 amide bonds. The first-order chi connectivity index (χ1) is 14.3. The number of hydrogen-bond donors (Lipinski definition) is 3. The summed E-state index contributed by atoms with van der Waals surface area (Å²) in [5.41, 5.74) is 0.729. The van der Waals surface area contributed by atoms with Crippen LogP contribution in [0.4, 0.5) is 5.88 Å². The van der Waals surface area contributed by atoms with Crippen LogP contribution in [0.25, 0.3) is 0 Å². The van der Waals surface area contributed by atoms with E-state index >= 15 is 0 Å². The first kappa shape index (κ1) is 22.1. The molecule has 1 saturated heterocycles. The zero-order valence-electron chi connectivity index (χ0n) is 18.4. The van der Waals surface area contributed by atoms with Crippen LogP contribution in [0.2, 0.25) is 0 Å². The van der Waals surface area contributed by atoms with Gasteiger partial charge in [0.05, 0.1) is 12.8 Å². The summed E-state index contributed by atoms with van der Waals surface area (Å²) in [6.45, 7) is 12.3. The van der Waals surface area contributed by atoms with Gasteiger partial charge in [-0.1, -0.05) is 25.9 Å². The van der Waals surface area contributed by atoms with Crippen molar-refractivity contribution in [3.63, 3.8) is 0 Å². The zero-order chi connectivity index (χ0) is 21.6. The van der Waals surface area contributed by atoms with Gasteiger partial charge in [0, 0.05) is 11.5 Å². The molecule has 0 spiro atoms. The molecule has 0 unspecified atom stereocenters. The number of carbonyl (C=O) groups is 1. The molecule has 8 nitrogen and oxygen atoms in total. The molecule has 8 heteroatoms. The predicted octanol–water partition coefficient (Wildman–Crippen LogP) is -0.218. The number of benzene rings is 1. The fourth-order valence-corrected chi connectivity index (χ4v) is 3.47. The monoisotopic (exact) mass is 418 g/mol. The molecule has 0 bridgehead atoms. The van der Waals surface area contributed by atoms with Gasteiger partial charge in [-0.15, -0.1) is 0 Å². The number of carbonyl (C=O) groups excluding carboxylic acids is 1. The lowest BCUT2D eigenvalue weighted by Crippen LogP contribution is -3.28. The Bertz CT molecular complexity index is 805. The molecule has 0 atom stereocenters. The minimum Gasteiger partial charge on any atom is -0.497 e. The summed E-state index contributed by atoms with van der Waals surface area (Å²) in [7, 11) is 1.65. The summed E-state index contributed by atoms with van der Waals surface area (Å²) in [5, 5.41) is 6.87. The molecular formula is C22H34N4O4+2. The highest BCUT2D eigenvalue weighted by atomic mass is 16.5. The van der Waals surface area contributed by atoms with Crippen molar-refractivity contribution < 1.29 is 28.6 Å². The number of amides is 1. The molecule has 30 heavy (non-hydrogen) atoms. The lowest BCUT2D eigenvalue weighted by molar-refractivity contribution is -1.01. The van der Waals surface area contributed by atoms with Crippen LogP contribution in [0, 0.1) is 0 Å². The molecule has 3 N–H and O–H groups in total. The van der Waals surface area contributed by atoms with Crippen molar-refractivity contribution >= 4 is 11.8 Å². The van der Waals surface area contributed by atoms with Gasteiger partial charge < -0.3 is 23.8 Å². The first-order valence-electron chi connectivity index (χ1n) is 10.5. The number of piperazine rings is 1. The Labute approximate surface area is 178 Å². The SMILES string of the molecule is COc1ccc(OCC[NH+]2CC[NH+](CC(=O)Nc3cc(C(C)(C)C)no3)CC2)cc1. The lowest BCUT2D eigenvalue weighted by atomic mass is 9.92. The van der Waals surface area contributed by atoms with E-state index in [1.807, 2.05) is 24.3 Å². The Kier molecular flexibility index (Phi) is 7.33. The number of rotatable bonds is 8. The summed E-state index contributed by atoms with van der Waals surface area (Å²) in [6, 6.07) is 9.45. The number of ether oxygens (including phenoxy) is 2. The highest BCUT2D eigenvalue weighted by Crippen LogP contribution is 2.23. The van der Waals surface area contributed by atoms with E-state index in [4.69, 9.17) is 14.0 Å². The molecule has 2 aromatic rings. The smallest absolute Gasteiger partial charge is 0.281 e. The molecule has 0 radical (unpaired) electrons. The van der Waals surface area contributed by atoms with Crippen molar-refractivity contribution in [2.24, 2.45) is 0 Å². The average Bonchev–Trinajstić information content (AvgIpc) is 3.19. The number of anilines is 1. The molecule has 1 aromatic heterocycles. The van der Waals surface area contributed by atoms with Gasteiger partial charge >= 0.3 is 0 Å². The molecule has 0 saturated carbocycles. The molecule has 164 valence electrons. The third-order valence-corrected chi connectivity index (χ3v) is 5.40. The van der Waals surface area contributed by atoms with Crippen LogP contribution in [0.5, 0.6) is 11.5 Å². The third kappa shape index (κ3) is 6.47. The van der Waals surface area contributed by atoms with E-state index in [1.54, 1.807) is 13.2 Å². The Balaban J connectivity index is 1.33. The van der Waals surface area contributed by atoms with E-state index in [9.17, 15) is 4.79 Å². The maximum atomic E-state index is 12.3. The van der Waals surface area contributed by atoms with Gasteiger partial charge in [-0.2, -0.15) is 0 Å². The van der Waals surface area contributed by atoms with Gasteiger partial charge in [-0.25, -0.2) is 0 Å². The lowest BCUT2D eigenvalue weighted by Gasteiger charge is -2.29. The second-order valence-electron chi connectivity index (χ2n) is 8.83. The van der Waals surface area contributed by atoms with Gasteiger partial charge in [0.15, 0.2) is 6.54 Å². The van der Waals surface area contributed by atoms with Crippen LogP contribution in [-0.2, 0) is 10.2 Å². The Morgan fingerprint density at radius 2 is 1.73 bits per heavy atom. The standard InChI is InChI=1S/C22H32N4O4/c1-22(2,3)19-15-21(30-24-19)23-20(27)16-26-11-9-25(10-12-26)13-14-29-18-7-5-17(28-4)6-8-18/h5-8,15H,9-14,16H2,1-4H3,(H,23,27)/p+2. The van der Waals surface area contributed by atoms with Crippen molar-refractivity contribution in [1.29, 1.82) is 0 Å². The second kappa shape index (κ2) is 9.95. The van der Waals surface area contributed by atoms with Gasteiger partial charge in [0.25, 0.3) is 5.91 Å². The van der Waals surface area contributed by atoms with E-state index in [0.717, 1.165) is 49.9 Å². The maximum Gasteiger partial charge on any atom is 0.281 e. The van der Waals surface area contributed by atoms with Crippen LogP contribution >= 0.6 is 0 Å². The topological polar surface area (TPSA) is 82.5 Å². The minimum atomic E-state index is -0.103. The Hall–Kier alpha value is -2.58. The molecule has 2 heterocycles. The fourth-order valence-electron chi connectivity index (χ4n) is 3.47. The number of aromatic nitrogens is 1. The summed E-state index contributed by atoms with van der Waals surface area (Å²) in [4.78, 5) is 15.1. The number of methoxy groups -OCH3 is 1.